The summed E-state index contributed by atoms with van der Waals surface area (Å²) in [6.07, 6.45) is 4.58. The molecule has 0 saturated heterocycles. The second-order valence-corrected chi connectivity index (χ2v) is 7.71. The molecule has 3 aromatic rings. The molecule has 7 heteroatoms. The third-order valence-corrected chi connectivity index (χ3v) is 5.76. The molecule has 1 N–H and O–H groups in total. The highest BCUT2D eigenvalue weighted by molar-refractivity contribution is 6.30. The highest BCUT2D eigenvalue weighted by Gasteiger charge is 2.35. The number of nitrogens with zero attached hydrogens (tertiary/aromatic N) is 2. The first-order valence-electron chi connectivity index (χ1n) is 9.32. The Hall–Kier alpha value is -2.47. The van der Waals surface area contributed by atoms with Crippen LogP contribution in [-0.4, -0.2) is 20.9 Å². The van der Waals surface area contributed by atoms with Crippen LogP contribution >= 0.6 is 11.6 Å². The van der Waals surface area contributed by atoms with Crippen molar-refractivity contribution in [1.82, 2.24) is 9.78 Å². The van der Waals surface area contributed by atoms with Crippen molar-refractivity contribution < 1.29 is 18.7 Å². The molecule has 4 nitrogen and oxygen atoms in total. The molecule has 1 heterocycles. The predicted octanol–water partition coefficient (Wildman–Crippen LogP) is 5.71. The normalized spacial score (nSPS) is 16.4. The molecule has 146 valence electrons. The third kappa shape index (κ3) is 3.37. The number of halogens is 3. The highest BCUT2D eigenvalue weighted by Crippen LogP contribution is 2.40. The molecule has 0 aliphatic heterocycles. The summed E-state index contributed by atoms with van der Waals surface area (Å²) in [7, 11) is 0. The SMILES string of the molecule is O=C(O)C(c1c2cc(F)c(F)cc2nn1-c1ccc(Cl)cc1)C1CCCCC1. The van der Waals surface area contributed by atoms with Crippen LogP contribution in [0.4, 0.5) is 8.78 Å². The van der Waals surface area contributed by atoms with Gasteiger partial charge in [0.2, 0.25) is 0 Å². The van der Waals surface area contributed by atoms with Gasteiger partial charge in [-0.2, -0.15) is 5.10 Å². The molecule has 28 heavy (non-hydrogen) atoms. The fraction of sp³-hybridized carbons (Fsp3) is 0.333. The largest absolute Gasteiger partial charge is 0.481 e. The van der Waals surface area contributed by atoms with E-state index in [1.807, 2.05) is 0 Å². The smallest absolute Gasteiger partial charge is 0.312 e. The van der Waals surface area contributed by atoms with Crippen molar-refractivity contribution in [3.05, 3.63) is 58.7 Å². The molecule has 0 amide bonds. The number of aromatic nitrogens is 2. The van der Waals surface area contributed by atoms with Crippen LogP contribution in [0.15, 0.2) is 36.4 Å². The second kappa shape index (κ2) is 7.51. The van der Waals surface area contributed by atoms with Gasteiger partial charge < -0.3 is 5.11 Å². The van der Waals surface area contributed by atoms with Crippen molar-refractivity contribution in [2.24, 2.45) is 5.92 Å². The number of aliphatic carboxylic acids is 1. The van der Waals surface area contributed by atoms with Crippen molar-refractivity contribution in [3.63, 3.8) is 0 Å². The van der Waals surface area contributed by atoms with Gasteiger partial charge >= 0.3 is 5.97 Å². The Kier molecular flexibility index (Phi) is 5.06. The lowest BCUT2D eigenvalue weighted by Crippen LogP contribution is -2.26. The molecule has 0 spiro atoms. The maximum absolute atomic E-state index is 14.0. The van der Waals surface area contributed by atoms with Crippen LogP contribution < -0.4 is 0 Å². The average molecular weight is 405 g/mol. The number of carbonyl (C=O) groups is 1. The molecule has 0 radical (unpaired) electrons. The lowest BCUT2D eigenvalue weighted by molar-refractivity contribution is -0.140. The first-order chi connectivity index (χ1) is 13.5. The number of hydrogen-bond donors (Lipinski definition) is 1. The quantitative estimate of drug-likeness (QED) is 0.606. The van der Waals surface area contributed by atoms with Crippen LogP contribution in [0, 0.1) is 17.6 Å². The first kappa shape index (κ1) is 18.9. The van der Waals surface area contributed by atoms with E-state index in [0.29, 0.717) is 21.8 Å². The molecule has 1 aliphatic rings. The van der Waals surface area contributed by atoms with E-state index in [1.54, 1.807) is 24.3 Å². The van der Waals surface area contributed by atoms with E-state index in [4.69, 9.17) is 11.6 Å². The highest BCUT2D eigenvalue weighted by atomic mass is 35.5. The molecular formula is C21H19ClF2N2O2. The number of carboxylic acid groups (broad SMARTS) is 1. The summed E-state index contributed by atoms with van der Waals surface area (Å²) in [6, 6.07) is 8.84. The third-order valence-electron chi connectivity index (χ3n) is 5.50. The summed E-state index contributed by atoms with van der Waals surface area (Å²) in [5, 5.41) is 15.3. The topological polar surface area (TPSA) is 55.1 Å². The molecule has 1 unspecified atom stereocenters. The minimum atomic E-state index is -1.02. The molecule has 1 fully saturated rings. The van der Waals surface area contributed by atoms with Crippen molar-refractivity contribution >= 4 is 28.5 Å². The van der Waals surface area contributed by atoms with Gasteiger partial charge in [-0.25, -0.2) is 13.5 Å². The molecule has 4 rings (SSSR count). The molecule has 1 atom stereocenters. The number of rotatable bonds is 4. The number of benzene rings is 2. The molecule has 1 aromatic heterocycles. The van der Waals surface area contributed by atoms with E-state index in [1.165, 1.54) is 4.68 Å². The van der Waals surface area contributed by atoms with Crippen LogP contribution in [0.5, 0.6) is 0 Å². The molecule has 1 aliphatic carbocycles. The van der Waals surface area contributed by atoms with Crippen LogP contribution in [-0.2, 0) is 4.79 Å². The lowest BCUT2D eigenvalue weighted by atomic mass is 9.77. The van der Waals surface area contributed by atoms with E-state index < -0.39 is 23.5 Å². The van der Waals surface area contributed by atoms with Crippen molar-refractivity contribution in [1.29, 1.82) is 0 Å². The maximum Gasteiger partial charge on any atom is 0.312 e. The Bertz CT molecular complexity index is 1030. The lowest BCUT2D eigenvalue weighted by Gasteiger charge is -2.28. The van der Waals surface area contributed by atoms with Gasteiger partial charge in [-0.1, -0.05) is 30.9 Å². The Morgan fingerprint density at radius 3 is 2.39 bits per heavy atom. The van der Waals surface area contributed by atoms with Crippen molar-refractivity contribution in [2.75, 3.05) is 0 Å². The van der Waals surface area contributed by atoms with Gasteiger partial charge in [0.15, 0.2) is 11.6 Å². The molecular weight excluding hydrogens is 386 g/mol. The van der Waals surface area contributed by atoms with Crippen LogP contribution in [0.3, 0.4) is 0 Å². The molecule has 0 bridgehead atoms. The van der Waals surface area contributed by atoms with Gasteiger partial charge in [0.1, 0.15) is 5.92 Å². The van der Waals surface area contributed by atoms with E-state index >= 15 is 0 Å². The zero-order valence-corrected chi connectivity index (χ0v) is 15.8. The summed E-state index contributed by atoms with van der Waals surface area (Å²) >= 11 is 5.97. The monoisotopic (exact) mass is 404 g/mol. The molecule has 2 aromatic carbocycles. The Balaban J connectivity index is 1.97. The number of carboxylic acids is 1. The zero-order valence-electron chi connectivity index (χ0n) is 15.0. The summed E-state index contributed by atoms with van der Waals surface area (Å²) in [5.41, 5.74) is 1.21. The predicted molar refractivity (Wildman–Crippen MR) is 103 cm³/mol. The fourth-order valence-corrected chi connectivity index (χ4v) is 4.31. The Labute approximate surface area is 165 Å². The van der Waals surface area contributed by atoms with E-state index in [2.05, 4.69) is 5.10 Å². The van der Waals surface area contributed by atoms with E-state index in [9.17, 15) is 18.7 Å². The van der Waals surface area contributed by atoms with Crippen molar-refractivity contribution in [3.8, 4) is 5.69 Å². The Morgan fingerprint density at radius 2 is 1.75 bits per heavy atom. The standard InChI is InChI=1S/C21H19ClF2N2O2/c22-13-6-8-14(9-7-13)26-20(15-10-16(23)17(24)11-18(15)25-26)19(21(27)28)12-4-2-1-3-5-12/h6-12,19H,1-5H2,(H,27,28). The van der Waals surface area contributed by atoms with Crippen LogP contribution in [0.1, 0.15) is 43.7 Å². The summed E-state index contributed by atoms with van der Waals surface area (Å²) in [5.74, 6) is -3.94. The maximum atomic E-state index is 14.0. The van der Waals surface area contributed by atoms with Gasteiger partial charge in [-0.15, -0.1) is 0 Å². The van der Waals surface area contributed by atoms with E-state index in [0.717, 1.165) is 44.2 Å². The molecule has 1 saturated carbocycles. The Morgan fingerprint density at radius 1 is 1.11 bits per heavy atom. The summed E-state index contributed by atoms with van der Waals surface area (Å²) in [6.45, 7) is 0. The van der Waals surface area contributed by atoms with Gasteiger partial charge in [-0.3, -0.25) is 4.79 Å². The van der Waals surface area contributed by atoms with Crippen LogP contribution in [0.2, 0.25) is 5.02 Å². The van der Waals surface area contributed by atoms with Gasteiger partial charge in [0.05, 0.1) is 16.9 Å². The van der Waals surface area contributed by atoms with Crippen LogP contribution in [0.25, 0.3) is 16.6 Å². The zero-order chi connectivity index (χ0) is 19.8. The summed E-state index contributed by atoms with van der Waals surface area (Å²) in [4.78, 5) is 12.3. The minimum absolute atomic E-state index is 0.0784. The summed E-state index contributed by atoms with van der Waals surface area (Å²) < 4.78 is 29.3. The number of fused-ring (bicyclic) bond motifs is 1. The minimum Gasteiger partial charge on any atom is -0.481 e. The van der Waals surface area contributed by atoms with Gasteiger partial charge in [0.25, 0.3) is 0 Å². The van der Waals surface area contributed by atoms with Gasteiger partial charge in [0, 0.05) is 16.5 Å². The van der Waals surface area contributed by atoms with E-state index in [-0.39, 0.29) is 11.4 Å². The first-order valence-corrected chi connectivity index (χ1v) is 9.70. The second-order valence-electron chi connectivity index (χ2n) is 7.27. The number of hydrogen-bond acceptors (Lipinski definition) is 2. The van der Waals surface area contributed by atoms with Gasteiger partial charge in [-0.05, 0) is 49.1 Å². The van der Waals surface area contributed by atoms with Crippen molar-refractivity contribution in [2.45, 2.75) is 38.0 Å². The fourth-order valence-electron chi connectivity index (χ4n) is 4.19. The average Bonchev–Trinajstić information content (AvgIpc) is 3.02.